The topological polar surface area (TPSA) is 69.4 Å². The van der Waals surface area contributed by atoms with Gasteiger partial charge >= 0.3 is 0 Å². The zero-order valence-electron chi connectivity index (χ0n) is 13.4. The molecule has 1 aliphatic rings. The summed E-state index contributed by atoms with van der Waals surface area (Å²) in [5, 5.41) is 7.43. The van der Waals surface area contributed by atoms with Gasteiger partial charge in [0.25, 0.3) is 5.89 Å². The predicted octanol–water partition coefficient (Wildman–Crippen LogP) is 2.39. The summed E-state index contributed by atoms with van der Waals surface area (Å²) in [7, 11) is 0. The van der Waals surface area contributed by atoms with E-state index in [4.69, 9.17) is 14.0 Å². The first-order valence-corrected chi connectivity index (χ1v) is 8.03. The standard InChI is InChI=1S/C15H27N3O3/c1-4-15(5-2,20-6-3)14-17-13(21-18-14)11-19-12-7-9-16-10-8-12/h12,16H,4-11H2,1-3H3. The highest BCUT2D eigenvalue weighted by Gasteiger charge is 2.34. The fourth-order valence-corrected chi connectivity index (χ4v) is 2.76. The quantitative estimate of drug-likeness (QED) is 0.794. The van der Waals surface area contributed by atoms with Gasteiger partial charge < -0.3 is 19.3 Å². The molecule has 1 saturated heterocycles. The molecule has 1 N–H and O–H groups in total. The molecule has 0 aromatic carbocycles. The first kappa shape index (κ1) is 16.4. The summed E-state index contributed by atoms with van der Waals surface area (Å²) in [6.45, 7) is 9.20. The van der Waals surface area contributed by atoms with E-state index in [9.17, 15) is 0 Å². The van der Waals surface area contributed by atoms with Gasteiger partial charge in [-0.15, -0.1) is 0 Å². The number of hydrogen-bond acceptors (Lipinski definition) is 6. The first-order valence-electron chi connectivity index (χ1n) is 8.03. The van der Waals surface area contributed by atoms with Gasteiger partial charge in [0.05, 0.1) is 6.10 Å². The minimum Gasteiger partial charge on any atom is -0.368 e. The van der Waals surface area contributed by atoms with Crippen molar-refractivity contribution in [2.24, 2.45) is 0 Å². The number of rotatable bonds is 8. The lowest BCUT2D eigenvalue weighted by molar-refractivity contribution is -0.0583. The maximum absolute atomic E-state index is 5.89. The van der Waals surface area contributed by atoms with E-state index in [1.54, 1.807) is 0 Å². The fraction of sp³-hybridized carbons (Fsp3) is 0.867. The summed E-state index contributed by atoms with van der Waals surface area (Å²) in [6.07, 6.45) is 4.01. The Morgan fingerprint density at radius 3 is 2.57 bits per heavy atom. The molecule has 0 amide bonds. The van der Waals surface area contributed by atoms with E-state index in [1.807, 2.05) is 6.92 Å². The van der Waals surface area contributed by atoms with Crippen molar-refractivity contribution in [3.05, 3.63) is 11.7 Å². The highest BCUT2D eigenvalue weighted by Crippen LogP contribution is 2.31. The van der Waals surface area contributed by atoms with E-state index in [0.29, 0.717) is 24.9 Å². The summed E-state index contributed by atoms with van der Waals surface area (Å²) in [5.41, 5.74) is -0.439. The molecule has 0 spiro atoms. The number of nitrogens with zero attached hydrogens (tertiary/aromatic N) is 2. The molecular weight excluding hydrogens is 270 g/mol. The molecule has 6 heteroatoms. The van der Waals surface area contributed by atoms with Crippen molar-refractivity contribution in [1.82, 2.24) is 15.5 Å². The van der Waals surface area contributed by atoms with E-state index in [0.717, 1.165) is 38.8 Å². The van der Waals surface area contributed by atoms with Gasteiger partial charge in [0.1, 0.15) is 12.2 Å². The van der Waals surface area contributed by atoms with Crippen LogP contribution in [0.4, 0.5) is 0 Å². The molecule has 1 aromatic rings. The molecule has 1 aliphatic heterocycles. The van der Waals surface area contributed by atoms with Crippen molar-refractivity contribution in [2.75, 3.05) is 19.7 Å². The van der Waals surface area contributed by atoms with Crippen LogP contribution in [0.2, 0.25) is 0 Å². The van der Waals surface area contributed by atoms with E-state index < -0.39 is 5.60 Å². The van der Waals surface area contributed by atoms with Crippen molar-refractivity contribution < 1.29 is 14.0 Å². The van der Waals surface area contributed by atoms with Gasteiger partial charge in [-0.25, -0.2) is 0 Å². The van der Waals surface area contributed by atoms with Gasteiger partial charge in [-0.1, -0.05) is 19.0 Å². The molecule has 0 bridgehead atoms. The fourth-order valence-electron chi connectivity index (χ4n) is 2.76. The number of aromatic nitrogens is 2. The Labute approximate surface area is 126 Å². The Balaban J connectivity index is 1.95. The largest absolute Gasteiger partial charge is 0.368 e. The lowest BCUT2D eigenvalue weighted by Crippen LogP contribution is -2.32. The second-order valence-electron chi connectivity index (χ2n) is 5.41. The molecule has 21 heavy (non-hydrogen) atoms. The molecule has 1 fully saturated rings. The zero-order chi connectivity index (χ0) is 15.1. The van der Waals surface area contributed by atoms with Crippen molar-refractivity contribution >= 4 is 0 Å². The Bertz CT molecular complexity index is 412. The van der Waals surface area contributed by atoms with Gasteiger partial charge in [0.2, 0.25) is 5.82 Å². The number of ether oxygens (including phenoxy) is 2. The lowest BCUT2D eigenvalue weighted by Gasteiger charge is -2.27. The minimum absolute atomic E-state index is 0.288. The third-order valence-electron chi connectivity index (χ3n) is 4.17. The van der Waals surface area contributed by atoms with Gasteiger partial charge in [-0.2, -0.15) is 4.98 Å². The Hall–Kier alpha value is -0.980. The smallest absolute Gasteiger partial charge is 0.252 e. The Morgan fingerprint density at radius 2 is 1.95 bits per heavy atom. The lowest BCUT2D eigenvalue weighted by atomic mass is 9.96. The average Bonchev–Trinajstić information content (AvgIpc) is 3.01. The number of hydrogen-bond donors (Lipinski definition) is 1. The Morgan fingerprint density at radius 1 is 1.24 bits per heavy atom. The molecule has 0 atom stereocenters. The van der Waals surface area contributed by atoms with E-state index in [1.165, 1.54) is 0 Å². The van der Waals surface area contributed by atoms with Crippen LogP contribution in [0, 0.1) is 0 Å². The summed E-state index contributed by atoms with van der Waals surface area (Å²) >= 11 is 0. The van der Waals surface area contributed by atoms with Crippen LogP contribution in [0.25, 0.3) is 0 Å². The maximum atomic E-state index is 5.89. The molecule has 0 saturated carbocycles. The normalized spacial score (nSPS) is 17.3. The molecular formula is C15H27N3O3. The minimum atomic E-state index is -0.439. The van der Waals surface area contributed by atoms with Gasteiger partial charge in [0, 0.05) is 6.61 Å². The van der Waals surface area contributed by atoms with Crippen LogP contribution in [0.5, 0.6) is 0 Å². The maximum Gasteiger partial charge on any atom is 0.252 e. The van der Waals surface area contributed by atoms with Crippen LogP contribution in [-0.2, 0) is 21.7 Å². The van der Waals surface area contributed by atoms with E-state index >= 15 is 0 Å². The zero-order valence-corrected chi connectivity index (χ0v) is 13.4. The highest BCUT2D eigenvalue weighted by atomic mass is 16.5. The predicted molar refractivity (Wildman–Crippen MR) is 78.9 cm³/mol. The van der Waals surface area contributed by atoms with E-state index in [2.05, 4.69) is 29.3 Å². The molecule has 0 radical (unpaired) electrons. The number of nitrogens with one attached hydrogen (secondary N) is 1. The molecule has 2 heterocycles. The first-order chi connectivity index (χ1) is 10.2. The molecule has 1 aromatic heterocycles. The van der Waals surface area contributed by atoms with Crippen LogP contribution in [-0.4, -0.2) is 35.9 Å². The van der Waals surface area contributed by atoms with Crippen molar-refractivity contribution in [1.29, 1.82) is 0 Å². The Kier molecular flexibility index (Phi) is 6.14. The highest BCUT2D eigenvalue weighted by molar-refractivity contribution is 5.00. The molecule has 2 rings (SSSR count). The van der Waals surface area contributed by atoms with Crippen LogP contribution in [0.15, 0.2) is 4.52 Å². The second kappa shape index (κ2) is 7.87. The van der Waals surface area contributed by atoms with Crippen LogP contribution in [0.1, 0.15) is 58.2 Å². The van der Waals surface area contributed by atoms with Gasteiger partial charge in [-0.05, 0) is 45.7 Å². The molecule has 0 unspecified atom stereocenters. The van der Waals surface area contributed by atoms with Crippen molar-refractivity contribution in [3.63, 3.8) is 0 Å². The van der Waals surface area contributed by atoms with Crippen LogP contribution >= 0.6 is 0 Å². The van der Waals surface area contributed by atoms with Gasteiger partial charge in [-0.3, -0.25) is 0 Å². The number of piperidine rings is 1. The third-order valence-corrected chi connectivity index (χ3v) is 4.17. The summed E-state index contributed by atoms with van der Waals surface area (Å²) in [5.74, 6) is 1.17. The monoisotopic (exact) mass is 297 g/mol. The molecule has 0 aliphatic carbocycles. The second-order valence-corrected chi connectivity index (χ2v) is 5.41. The molecule has 6 nitrogen and oxygen atoms in total. The van der Waals surface area contributed by atoms with Crippen LogP contribution < -0.4 is 5.32 Å². The third kappa shape index (κ3) is 4.02. The molecule has 120 valence electrons. The summed E-state index contributed by atoms with van der Waals surface area (Å²) < 4.78 is 17.1. The average molecular weight is 297 g/mol. The van der Waals surface area contributed by atoms with Crippen molar-refractivity contribution in [3.8, 4) is 0 Å². The van der Waals surface area contributed by atoms with Crippen molar-refractivity contribution in [2.45, 2.75) is 64.8 Å². The SMILES string of the molecule is CCOC(CC)(CC)c1noc(COC2CCNCC2)n1. The summed E-state index contributed by atoms with van der Waals surface area (Å²) in [6, 6.07) is 0. The van der Waals surface area contributed by atoms with Crippen LogP contribution in [0.3, 0.4) is 0 Å². The van der Waals surface area contributed by atoms with Gasteiger partial charge in [0.15, 0.2) is 0 Å². The summed E-state index contributed by atoms with van der Waals surface area (Å²) in [4.78, 5) is 4.48. The van der Waals surface area contributed by atoms with E-state index in [-0.39, 0.29) is 6.10 Å².